The van der Waals surface area contributed by atoms with Gasteiger partial charge in [-0.1, -0.05) is 24.3 Å². The summed E-state index contributed by atoms with van der Waals surface area (Å²) in [7, 11) is 1.73. The zero-order chi connectivity index (χ0) is 24.9. The smallest absolute Gasteiger partial charge is 0.276 e. The molecular formula is C25H25F2N5O3. The zero-order valence-electron chi connectivity index (χ0n) is 19.2. The maximum atomic E-state index is 13.7. The minimum Gasteiger partial charge on any atom is -0.352 e. The van der Waals surface area contributed by atoms with E-state index in [2.05, 4.69) is 15.7 Å². The fourth-order valence-electron chi connectivity index (χ4n) is 4.05. The van der Waals surface area contributed by atoms with E-state index in [-0.39, 0.29) is 43.4 Å². The number of hydrogen-bond donors (Lipinski definition) is 2. The molecule has 4 rings (SSSR count). The lowest BCUT2D eigenvalue weighted by molar-refractivity contribution is -0.134. The number of aromatic nitrogens is 2. The summed E-state index contributed by atoms with van der Waals surface area (Å²) < 4.78 is 28.8. The van der Waals surface area contributed by atoms with Crippen LogP contribution in [0.5, 0.6) is 0 Å². The van der Waals surface area contributed by atoms with Crippen LogP contribution < -0.4 is 10.6 Å². The summed E-state index contributed by atoms with van der Waals surface area (Å²) in [5.41, 5.74) is 2.33. The Hall–Kier alpha value is -4.08. The second-order valence-electron chi connectivity index (χ2n) is 8.30. The van der Waals surface area contributed by atoms with Crippen molar-refractivity contribution in [2.24, 2.45) is 7.05 Å². The van der Waals surface area contributed by atoms with Crippen molar-refractivity contribution in [3.63, 3.8) is 0 Å². The monoisotopic (exact) mass is 481 g/mol. The molecule has 0 unspecified atom stereocenters. The summed E-state index contributed by atoms with van der Waals surface area (Å²) in [5, 5.41) is 9.58. The van der Waals surface area contributed by atoms with E-state index < -0.39 is 17.5 Å². The average molecular weight is 482 g/mol. The predicted octanol–water partition coefficient (Wildman–Crippen LogP) is 2.93. The van der Waals surface area contributed by atoms with Crippen LogP contribution >= 0.6 is 0 Å². The Balaban J connectivity index is 1.35. The van der Waals surface area contributed by atoms with Gasteiger partial charge in [-0.2, -0.15) is 5.10 Å². The van der Waals surface area contributed by atoms with Gasteiger partial charge in [0, 0.05) is 68.5 Å². The van der Waals surface area contributed by atoms with E-state index in [1.165, 1.54) is 24.3 Å². The number of nitrogens with zero attached hydrogens (tertiary/aromatic N) is 3. The number of halogens is 2. The Kier molecular flexibility index (Phi) is 7.19. The molecule has 2 N–H and O–H groups in total. The summed E-state index contributed by atoms with van der Waals surface area (Å²) in [6.45, 7) is 0.671. The molecule has 0 atom stereocenters. The van der Waals surface area contributed by atoms with Gasteiger partial charge >= 0.3 is 0 Å². The van der Waals surface area contributed by atoms with Crippen molar-refractivity contribution in [2.45, 2.75) is 32.4 Å². The maximum Gasteiger partial charge on any atom is 0.276 e. The van der Waals surface area contributed by atoms with E-state index in [1.807, 2.05) is 0 Å². The molecule has 182 valence electrons. The van der Waals surface area contributed by atoms with Crippen molar-refractivity contribution in [2.75, 3.05) is 11.9 Å². The predicted molar refractivity (Wildman–Crippen MR) is 124 cm³/mol. The van der Waals surface area contributed by atoms with Gasteiger partial charge in [0.05, 0.1) is 0 Å². The molecule has 8 nitrogen and oxygen atoms in total. The molecule has 0 saturated heterocycles. The maximum absolute atomic E-state index is 13.7. The molecule has 1 aromatic heterocycles. The van der Waals surface area contributed by atoms with Crippen LogP contribution in [-0.2, 0) is 36.1 Å². The van der Waals surface area contributed by atoms with E-state index in [0.29, 0.717) is 29.8 Å². The Bertz CT molecular complexity index is 1270. The Labute approximate surface area is 200 Å². The van der Waals surface area contributed by atoms with Crippen LogP contribution in [0.25, 0.3) is 0 Å². The third-order valence-corrected chi connectivity index (χ3v) is 5.89. The number of amides is 3. The quantitative estimate of drug-likeness (QED) is 0.542. The van der Waals surface area contributed by atoms with Crippen molar-refractivity contribution in [3.8, 4) is 0 Å². The Morgan fingerprint density at radius 1 is 1.06 bits per heavy atom. The molecule has 3 amide bonds. The number of benzene rings is 2. The molecule has 1 aliphatic heterocycles. The van der Waals surface area contributed by atoms with E-state index in [9.17, 15) is 23.2 Å². The first kappa shape index (κ1) is 24.1. The summed E-state index contributed by atoms with van der Waals surface area (Å²) in [4.78, 5) is 39.3. The number of anilines is 1. The molecule has 10 heteroatoms. The number of nitrogens with one attached hydrogen (secondary N) is 2. The second kappa shape index (κ2) is 10.5. The molecule has 0 fully saturated rings. The van der Waals surface area contributed by atoms with Crippen molar-refractivity contribution in [3.05, 3.63) is 82.7 Å². The number of aryl methyl sites for hydroxylation is 1. The van der Waals surface area contributed by atoms with Crippen LogP contribution in [0.1, 0.15) is 40.2 Å². The minimum absolute atomic E-state index is 0.0104. The van der Waals surface area contributed by atoms with Crippen LogP contribution in [-0.4, -0.2) is 38.9 Å². The van der Waals surface area contributed by atoms with E-state index in [0.717, 1.165) is 5.69 Å². The number of carbonyl (C=O) groups excluding carboxylic acids is 3. The molecular weight excluding hydrogens is 456 g/mol. The molecule has 2 heterocycles. The minimum atomic E-state index is -0.491. The zero-order valence-corrected chi connectivity index (χ0v) is 19.2. The largest absolute Gasteiger partial charge is 0.352 e. The summed E-state index contributed by atoms with van der Waals surface area (Å²) >= 11 is 0. The molecule has 0 spiro atoms. The molecule has 0 saturated carbocycles. The van der Waals surface area contributed by atoms with Crippen molar-refractivity contribution in [1.82, 2.24) is 20.0 Å². The SMILES string of the molecule is Cn1nc(C(=O)Nc2cccc(F)c2)c2c1CCN(C(=O)CCC(=O)NCc1ccccc1F)C2. The highest BCUT2D eigenvalue weighted by Gasteiger charge is 2.29. The highest BCUT2D eigenvalue weighted by atomic mass is 19.1. The van der Waals surface area contributed by atoms with Crippen LogP contribution in [0.4, 0.5) is 14.5 Å². The van der Waals surface area contributed by atoms with Crippen molar-refractivity contribution >= 4 is 23.4 Å². The van der Waals surface area contributed by atoms with Gasteiger partial charge in [0.1, 0.15) is 11.6 Å². The lowest BCUT2D eigenvalue weighted by Gasteiger charge is -2.27. The van der Waals surface area contributed by atoms with E-state index in [1.54, 1.807) is 40.9 Å². The van der Waals surface area contributed by atoms with Gasteiger partial charge < -0.3 is 15.5 Å². The summed E-state index contributed by atoms with van der Waals surface area (Å²) in [6.07, 6.45) is 0.470. The van der Waals surface area contributed by atoms with Gasteiger partial charge in [-0.25, -0.2) is 8.78 Å². The van der Waals surface area contributed by atoms with Gasteiger partial charge in [0.25, 0.3) is 5.91 Å². The van der Waals surface area contributed by atoms with Gasteiger partial charge in [0.15, 0.2) is 5.69 Å². The number of carbonyl (C=O) groups is 3. The third-order valence-electron chi connectivity index (χ3n) is 5.89. The second-order valence-corrected chi connectivity index (χ2v) is 8.30. The first-order valence-corrected chi connectivity index (χ1v) is 11.2. The average Bonchev–Trinajstić information content (AvgIpc) is 3.18. The molecule has 1 aliphatic rings. The van der Waals surface area contributed by atoms with Gasteiger partial charge in [-0.3, -0.25) is 19.1 Å². The number of fused-ring (bicyclic) bond motifs is 1. The van der Waals surface area contributed by atoms with Crippen molar-refractivity contribution < 1.29 is 23.2 Å². The molecule has 0 radical (unpaired) electrons. The molecule has 0 bridgehead atoms. The molecule has 3 aromatic rings. The van der Waals surface area contributed by atoms with Crippen LogP contribution in [0, 0.1) is 11.6 Å². The first-order chi connectivity index (χ1) is 16.8. The highest BCUT2D eigenvalue weighted by molar-refractivity contribution is 6.04. The van der Waals surface area contributed by atoms with Gasteiger partial charge in [-0.15, -0.1) is 0 Å². The molecule has 2 aromatic carbocycles. The number of hydrogen-bond acceptors (Lipinski definition) is 4. The summed E-state index contributed by atoms with van der Waals surface area (Å²) in [6, 6.07) is 11.7. The van der Waals surface area contributed by atoms with Crippen LogP contribution in [0.3, 0.4) is 0 Å². The lowest BCUT2D eigenvalue weighted by Crippen LogP contribution is -2.37. The highest BCUT2D eigenvalue weighted by Crippen LogP contribution is 2.24. The van der Waals surface area contributed by atoms with Gasteiger partial charge in [-0.05, 0) is 24.3 Å². The fourth-order valence-corrected chi connectivity index (χ4v) is 4.05. The number of rotatable bonds is 7. The third kappa shape index (κ3) is 5.71. The van der Waals surface area contributed by atoms with Crippen molar-refractivity contribution in [1.29, 1.82) is 0 Å². The first-order valence-electron chi connectivity index (χ1n) is 11.2. The topological polar surface area (TPSA) is 96.3 Å². The summed E-state index contributed by atoms with van der Waals surface area (Å²) in [5.74, 6) is -1.94. The molecule has 0 aliphatic carbocycles. The molecule has 35 heavy (non-hydrogen) atoms. The Morgan fingerprint density at radius 2 is 1.86 bits per heavy atom. The normalized spacial score (nSPS) is 12.7. The van der Waals surface area contributed by atoms with Crippen LogP contribution in [0.2, 0.25) is 0 Å². The van der Waals surface area contributed by atoms with Gasteiger partial charge in [0.2, 0.25) is 11.8 Å². The Morgan fingerprint density at radius 3 is 2.63 bits per heavy atom. The van der Waals surface area contributed by atoms with Crippen LogP contribution in [0.15, 0.2) is 48.5 Å². The fraction of sp³-hybridized carbons (Fsp3) is 0.280. The van der Waals surface area contributed by atoms with E-state index >= 15 is 0 Å². The van der Waals surface area contributed by atoms with E-state index in [4.69, 9.17) is 0 Å². The standard InChI is InChI=1S/C25H25F2N5O3/c1-31-21-11-12-32(23(34)10-9-22(33)28-14-16-5-2-3-8-20(16)27)15-19(21)24(30-31)25(35)29-18-7-4-6-17(26)13-18/h2-8,13H,9-12,14-15H2,1H3,(H,28,33)(H,29,35). The lowest BCUT2D eigenvalue weighted by atomic mass is 10.0.